The van der Waals surface area contributed by atoms with Gasteiger partial charge in [0.15, 0.2) is 0 Å². The van der Waals surface area contributed by atoms with E-state index >= 15 is 0 Å². The van der Waals surface area contributed by atoms with Gasteiger partial charge < -0.3 is 10.2 Å². The summed E-state index contributed by atoms with van der Waals surface area (Å²) in [5.41, 5.74) is 0.000257. The lowest BCUT2D eigenvalue weighted by molar-refractivity contribution is -0.105. The van der Waals surface area contributed by atoms with Crippen LogP contribution in [-0.4, -0.2) is 15.8 Å². The molecule has 0 amide bonds. The van der Waals surface area contributed by atoms with E-state index in [2.05, 4.69) is 6.92 Å². The van der Waals surface area contributed by atoms with Crippen LogP contribution in [0.2, 0.25) is 0 Å². The molecule has 0 radical (unpaired) electrons. The lowest BCUT2D eigenvalue weighted by atomic mass is 9.75. The molecule has 1 unspecified atom stereocenters. The van der Waals surface area contributed by atoms with Gasteiger partial charge in [-0.05, 0) is 55.5 Å². The summed E-state index contributed by atoms with van der Waals surface area (Å²) in [7, 11) is 0. The van der Waals surface area contributed by atoms with Gasteiger partial charge in [0.25, 0.3) is 0 Å². The van der Waals surface area contributed by atoms with E-state index in [9.17, 15) is 10.2 Å². The topological polar surface area (TPSA) is 40.5 Å². The van der Waals surface area contributed by atoms with Gasteiger partial charge in [-0.2, -0.15) is 0 Å². The van der Waals surface area contributed by atoms with Crippen molar-refractivity contribution < 1.29 is 10.2 Å². The van der Waals surface area contributed by atoms with Crippen molar-refractivity contribution in [1.82, 2.24) is 0 Å². The zero-order valence-corrected chi connectivity index (χ0v) is 10.8. The zero-order chi connectivity index (χ0) is 11.8. The maximum absolute atomic E-state index is 10.5. The van der Waals surface area contributed by atoms with Crippen LogP contribution in [0.25, 0.3) is 0 Å². The Morgan fingerprint density at radius 1 is 1.44 bits per heavy atom. The zero-order valence-electron chi connectivity index (χ0n) is 9.94. The number of aliphatic hydroxyl groups excluding tert-OH is 1. The summed E-state index contributed by atoms with van der Waals surface area (Å²) in [5.74, 6) is 0.677. The molecule has 0 aliphatic heterocycles. The highest BCUT2D eigenvalue weighted by Crippen LogP contribution is 2.41. The minimum Gasteiger partial charge on any atom is -0.387 e. The Morgan fingerprint density at radius 2 is 2.06 bits per heavy atom. The SMILES string of the molecule is Cc1sccc1C(O)C1(O)CCC(C)CC1. The Labute approximate surface area is 101 Å². The van der Waals surface area contributed by atoms with E-state index in [0.29, 0.717) is 18.8 Å². The normalized spacial score (nSPS) is 32.6. The molecule has 1 saturated carbocycles. The van der Waals surface area contributed by atoms with Crippen LogP contribution in [0.3, 0.4) is 0 Å². The van der Waals surface area contributed by atoms with Crippen LogP contribution in [0.5, 0.6) is 0 Å². The molecule has 2 rings (SSSR count). The van der Waals surface area contributed by atoms with Crippen molar-refractivity contribution in [3.05, 3.63) is 21.9 Å². The van der Waals surface area contributed by atoms with Crippen LogP contribution in [0.1, 0.15) is 49.2 Å². The molecule has 1 fully saturated rings. The van der Waals surface area contributed by atoms with Crippen molar-refractivity contribution >= 4 is 11.3 Å². The van der Waals surface area contributed by atoms with Crippen LogP contribution in [-0.2, 0) is 0 Å². The molecule has 3 heteroatoms. The Hall–Kier alpha value is -0.380. The third-order valence-electron chi connectivity index (χ3n) is 3.84. The molecule has 1 aromatic rings. The monoisotopic (exact) mass is 240 g/mol. The van der Waals surface area contributed by atoms with E-state index in [0.717, 1.165) is 23.3 Å². The molecule has 1 aromatic heterocycles. The molecule has 1 atom stereocenters. The molecule has 2 N–H and O–H groups in total. The van der Waals surface area contributed by atoms with Gasteiger partial charge in [-0.1, -0.05) is 6.92 Å². The maximum Gasteiger partial charge on any atom is 0.109 e. The van der Waals surface area contributed by atoms with E-state index in [4.69, 9.17) is 0 Å². The molecule has 1 aliphatic carbocycles. The van der Waals surface area contributed by atoms with Crippen molar-refractivity contribution in [2.24, 2.45) is 5.92 Å². The smallest absolute Gasteiger partial charge is 0.109 e. The van der Waals surface area contributed by atoms with E-state index in [1.807, 2.05) is 18.4 Å². The van der Waals surface area contributed by atoms with Crippen molar-refractivity contribution in [2.45, 2.75) is 51.2 Å². The molecule has 0 spiro atoms. The highest BCUT2D eigenvalue weighted by Gasteiger charge is 2.39. The number of aryl methyl sites for hydroxylation is 1. The number of hydrogen-bond donors (Lipinski definition) is 2. The van der Waals surface area contributed by atoms with Gasteiger partial charge in [-0.3, -0.25) is 0 Å². The summed E-state index contributed by atoms with van der Waals surface area (Å²) >= 11 is 1.62. The van der Waals surface area contributed by atoms with E-state index < -0.39 is 11.7 Å². The molecular weight excluding hydrogens is 220 g/mol. The third kappa shape index (κ3) is 2.17. The van der Waals surface area contributed by atoms with Gasteiger partial charge in [-0.25, -0.2) is 0 Å². The highest BCUT2D eigenvalue weighted by atomic mass is 32.1. The molecule has 0 bridgehead atoms. The van der Waals surface area contributed by atoms with Crippen molar-refractivity contribution in [3.8, 4) is 0 Å². The second-order valence-corrected chi connectivity index (χ2v) is 6.24. The quantitative estimate of drug-likeness (QED) is 0.834. The first kappa shape index (κ1) is 12.1. The summed E-state index contributed by atoms with van der Waals surface area (Å²) in [4.78, 5) is 1.11. The average Bonchev–Trinajstić information content (AvgIpc) is 2.68. The van der Waals surface area contributed by atoms with E-state index in [1.165, 1.54) is 0 Å². The van der Waals surface area contributed by atoms with Gasteiger partial charge in [0.05, 0.1) is 5.60 Å². The highest BCUT2D eigenvalue weighted by molar-refractivity contribution is 7.10. The molecular formula is C13H20O2S. The first-order chi connectivity index (χ1) is 7.53. The van der Waals surface area contributed by atoms with Crippen molar-refractivity contribution in [2.75, 3.05) is 0 Å². The Morgan fingerprint density at radius 3 is 2.56 bits per heavy atom. The number of thiophene rings is 1. The fourth-order valence-electron chi connectivity index (χ4n) is 2.50. The fourth-order valence-corrected chi connectivity index (χ4v) is 3.24. The Balaban J connectivity index is 2.15. The van der Waals surface area contributed by atoms with Gasteiger partial charge >= 0.3 is 0 Å². The number of aliphatic hydroxyl groups is 2. The van der Waals surface area contributed by atoms with E-state index in [-0.39, 0.29) is 0 Å². The molecule has 90 valence electrons. The van der Waals surface area contributed by atoms with Crippen LogP contribution in [0.15, 0.2) is 11.4 Å². The summed E-state index contributed by atoms with van der Waals surface area (Å²) in [6.45, 7) is 4.21. The standard InChI is InChI=1S/C13H20O2S/c1-9-3-6-13(15,7-4-9)12(14)11-5-8-16-10(11)2/h5,8-9,12,14-15H,3-4,6-7H2,1-2H3. The lowest BCUT2D eigenvalue weighted by Crippen LogP contribution is -2.39. The van der Waals surface area contributed by atoms with Crippen molar-refractivity contribution in [3.63, 3.8) is 0 Å². The minimum absolute atomic E-state index is 0.677. The third-order valence-corrected chi connectivity index (χ3v) is 4.70. The first-order valence-electron chi connectivity index (χ1n) is 5.97. The summed E-state index contributed by atoms with van der Waals surface area (Å²) in [6, 6.07) is 1.93. The predicted octanol–water partition coefficient (Wildman–Crippen LogP) is 3.03. The molecule has 1 aliphatic rings. The van der Waals surface area contributed by atoms with E-state index in [1.54, 1.807) is 11.3 Å². The van der Waals surface area contributed by atoms with Crippen LogP contribution >= 0.6 is 11.3 Å². The van der Waals surface area contributed by atoms with Gasteiger partial charge in [0, 0.05) is 4.88 Å². The van der Waals surface area contributed by atoms with Crippen molar-refractivity contribution in [1.29, 1.82) is 0 Å². The van der Waals surface area contributed by atoms with Gasteiger partial charge in [-0.15, -0.1) is 11.3 Å². The predicted molar refractivity (Wildman–Crippen MR) is 66.6 cm³/mol. The summed E-state index contributed by atoms with van der Waals surface area (Å²) in [5, 5.41) is 22.8. The second-order valence-electron chi connectivity index (χ2n) is 5.12. The first-order valence-corrected chi connectivity index (χ1v) is 6.85. The number of hydrogen-bond acceptors (Lipinski definition) is 3. The maximum atomic E-state index is 10.5. The fraction of sp³-hybridized carbons (Fsp3) is 0.692. The summed E-state index contributed by atoms with van der Waals surface area (Å²) in [6.07, 6.45) is 2.73. The van der Waals surface area contributed by atoms with Crippen LogP contribution in [0.4, 0.5) is 0 Å². The Bertz CT molecular complexity index is 351. The lowest BCUT2D eigenvalue weighted by Gasteiger charge is -2.38. The molecule has 2 nitrogen and oxygen atoms in total. The van der Waals surface area contributed by atoms with Crippen LogP contribution < -0.4 is 0 Å². The average molecular weight is 240 g/mol. The van der Waals surface area contributed by atoms with Gasteiger partial charge in [0.1, 0.15) is 6.10 Å². The molecule has 16 heavy (non-hydrogen) atoms. The molecule has 1 heterocycles. The second kappa shape index (κ2) is 4.47. The van der Waals surface area contributed by atoms with Crippen LogP contribution in [0, 0.1) is 12.8 Å². The molecule has 0 aromatic carbocycles. The Kier molecular flexibility index (Phi) is 3.38. The minimum atomic E-state index is -0.904. The summed E-state index contributed by atoms with van der Waals surface area (Å²) < 4.78 is 0. The molecule has 0 saturated heterocycles. The number of rotatable bonds is 2. The largest absolute Gasteiger partial charge is 0.387 e. The van der Waals surface area contributed by atoms with Gasteiger partial charge in [0.2, 0.25) is 0 Å².